The van der Waals surface area contributed by atoms with Crippen molar-refractivity contribution in [2.24, 2.45) is 0 Å². The Morgan fingerprint density at radius 2 is 1.48 bits per heavy atom. The van der Waals surface area contributed by atoms with Crippen molar-refractivity contribution in [3.63, 3.8) is 0 Å². The third-order valence-corrected chi connectivity index (χ3v) is 4.56. The van der Waals surface area contributed by atoms with Gasteiger partial charge in [0.15, 0.2) is 0 Å². The van der Waals surface area contributed by atoms with E-state index in [1.165, 1.54) is 6.07 Å². The number of hydrogen-bond acceptors (Lipinski definition) is 5. The topological polar surface area (TPSA) is 63.1 Å². The number of aromatic nitrogens is 2. The van der Waals surface area contributed by atoms with Crippen molar-refractivity contribution < 1.29 is 72.4 Å². The SMILES string of the molecule is O=C(/C=C(\O)c1cccs1)C(F)(F)F.[Eu].c1cnc2c(c1)ccc1cccnc12. The quantitative estimate of drug-likeness (QED) is 0.200. The zero-order chi connectivity index (χ0) is 20.1. The van der Waals surface area contributed by atoms with Crippen LogP contribution in [-0.2, 0) is 4.79 Å². The van der Waals surface area contributed by atoms with E-state index in [1.54, 1.807) is 23.8 Å². The Balaban J connectivity index is 0.000000200. The Bertz CT molecular complexity index is 1090. The van der Waals surface area contributed by atoms with Gasteiger partial charge in [-0.3, -0.25) is 14.8 Å². The van der Waals surface area contributed by atoms with E-state index in [0.717, 1.165) is 33.1 Å². The van der Waals surface area contributed by atoms with Gasteiger partial charge in [0.05, 0.1) is 15.9 Å². The average molecular weight is 554 g/mol. The molecular formula is C20H13EuF3N2O2S. The van der Waals surface area contributed by atoms with Crippen LogP contribution in [0.4, 0.5) is 13.2 Å². The maximum absolute atomic E-state index is 11.7. The van der Waals surface area contributed by atoms with Crippen LogP contribution in [0.25, 0.3) is 27.6 Å². The van der Waals surface area contributed by atoms with Crippen LogP contribution < -0.4 is 0 Å². The van der Waals surface area contributed by atoms with Crippen LogP contribution in [0.5, 0.6) is 0 Å². The van der Waals surface area contributed by atoms with Crippen LogP contribution in [0.2, 0.25) is 0 Å². The normalized spacial score (nSPS) is 11.5. The van der Waals surface area contributed by atoms with Crippen molar-refractivity contribution in [3.8, 4) is 0 Å². The van der Waals surface area contributed by atoms with Gasteiger partial charge in [-0.05, 0) is 23.6 Å². The summed E-state index contributed by atoms with van der Waals surface area (Å²) in [5.41, 5.74) is 1.95. The van der Waals surface area contributed by atoms with Crippen LogP contribution in [0, 0.1) is 49.4 Å². The number of benzene rings is 1. The number of aliphatic hydroxyl groups excluding tert-OH is 1. The summed E-state index contributed by atoms with van der Waals surface area (Å²) in [6.45, 7) is 0. The standard InChI is InChI=1S/C12H8N2.C8H5F3O2S.Eu/c1-3-9-5-6-10-4-2-8-14-12(10)11(9)13-7-1;9-8(10,11)7(13)4-5(12)6-2-1-3-14-6;/h1-8H;1-4,12H;/b;5-4-;. The van der Waals surface area contributed by atoms with Gasteiger partial charge in [-0.25, -0.2) is 0 Å². The van der Waals surface area contributed by atoms with Gasteiger partial charge in [0.2, 0.25) is 0 Å². The zero-order valence-electron chi connectivity index (χ0n) is 14.6. The molecule has 1 aromatic carbocycles. The van der Waals surface area contributed by atoms with Crippen LogP contribution in [-0.4, -0.2) is 27.0 Å². The predicted octanol–water partition coefficient (Wildman–Crippen LogP) is 5.56. The second-order valence-corrected chi connectivity index (χ2v) is 6.53. The fourth-order valence-corrected chi connectivity index (χ4v) is 3.02. The molecule has 3 heterocycles. The number of fused-ring (bicyclic) bond motifs is 3. The van der Waals surface area contributed by atoms with E-state index >= 15 is 0 Å². The summed E-state index contributed by atoms with van der Waals surface area (Å²) < 4.78 is 35.2. The minimum absolute atomic E-state index is 0. The zero-order valence-corrected chi connectivity index (χ0v) is 17.8. The molecule has 29 heavy (non-hydrogen) atoms. The summed E-state index contributed by atoms with van der Waals surface area (Å²) in [5.74, 6) is -2.73. The second kappa shape index (κ2) is 10.4. The number of nitrogens with zero attached hydrogens (tertiary/aromatic N) is 2. The minimum atomic E-state index is -4.94. The van der Waals surface area contributed by atoms with Gasteiger partial charge in [-0.15, -0.1) is 11.3 Å². The van der Waals surface area contributed by atoms with Crippen molar-refractivity contribution in [2.45, 2.75) is 6.18 Å². The van der Waals surface area contributed by atoms with Crippen LogP contribution in [0.3, 0.4) is 0 Å². The van der Waals surface area contributed by atoms with Gasteiger partial charge >= 0.3 is 6.18 Å². The molecule has 0 aliphatic carbocycles. The Labute approximate surface area is 208 Å². The first-order chi connectivity index (χ1) is 13.4. The Kier molecular flexibility index (Phi) is 8.45. The van der Waals surface area contributed by atoms with E-state index in [0.29, 0.717) is 0 Å². The predicted molar refractivity (Wildman–Crippen MR) is 103 cm³/mol. The van der Waals surface area contributed by atoms with E-state index in [1.807, 2.05) is 12.1 Å². The third-order valence-electron chi connectivity index (χ3n) is 3.67. The Hall–Kier alpha value is -1.68. The maximum atomic E-state index is 11.7. The molecule has 3 aromatic heterocycles. The third kappa shape index (κ3) is 6.15. The first-order valence-electron chi connectivity index (χ1n) is 8.00. The van der Waals surface area contributed by atoms with Gasteiger partial charge in [0.1, 0.15) is 5.76 Å². The molecular weight excluding hydrogens is 541 g/mol. The van der Waals surface area contributed by atoms with Crippen molar-refractivity contribution in [2.75, 3.05) is 0 Å². The van der Waals surface area contributed by atoms with Gasteiger partial charge < -0.3 is 5.11 Å². The fourth-order valence-electron chi connectivity index (χ4n) is 2.38. The number of hydrogen-bond donors (Lipinski definition) is 1. The first-order valence-corrected chi connectivity index (χ1v) is 8.88. The molecule has 0 amide bonds. The first kappa shape index (κ1) is 23.6. The van der Waals surface area contributed by atoms with Crippen LogP contribution in [0.1, 0.15) is 4.88 Å². The molecule has 1 radical (unpaired) electrons. The average Bonchev–Trinajstić information content (AvgIpc) is 3.23. The number of rotatable bonds is 2. The van der Waals surface area contributed by atoms with Gasteiger partial charge in [0.25, 0.3) is 5.78 Å². The fraction of sp³-hybridized carbons (Fsp3) is 0.0500. The smallest absolute Gasteiger partial charge is 0.454 e. The molecule has 0 unspecified atom stereocenters. The molecule has 0 saturated carbocycles. The van der Waals surface area contributed by atoms with E-state index in [9.17, 15) is 18.0 Å². The van der Waals surface area contributed by atoms with Crippen LogP contribution >= 0.6 is 11.3 Å². The largest absolute Gasteiger partial charge is 0.506 e. The van der Waals surface area contributed by atoms with E-state index in [2.05, 4.69) is 34.2 Å². The number of aliphatic hydroxyl groups is 1. The number of carbonyl (C=O) groups is 1. The molecule has 149 valence electrons. The number of allylic oxidation sites excluding steroid dienone is 1. The van der Waals surface area contributed by atoms with Crippen LogP contribution in [0.15, 0.2) is 72.4 Å². The second-order valence-electron chi connectivity index (χ2n) is 5.58. The van der Waals surface area contributed by atoms with Gasteiger partial charge in [-0.2, -0.15) is 13.2 Å². The molecule has 0 atom stereocenters. The summed E-state index contributed by atoms with van der Waals surface area (Å²) in [7, 11) is 0. The van der Waals surface area contributed by atoms with Crippen molar-refractivity contribution in [1.82, 2.24) is 9.97 Å². The number of pyridine rings is 2. The summed E-state index contributed by atoms with van der Waals surface area (Å²) in [5, 5.41) is 13.0. The summed E-state index contributed by atoms with van der Waals surface area (Å²) >= 11 is 1.05. The number of alkyl halides is 3. The molecule has 1 N–H and O–H groups in total. The summed E-state index contributed by atoms with van der Waals surface area (Å²) in [6.07, 6.45) is -1.16. The van der Waals surface area contributed by atoms with Crippen molar-refractivity contribution in [1.29, 1.82) is 0 Å². The molecule has 0 spiro atoms. The summed E-state index contributed by atoms with van der Waals surface area (Å²) in [6, 6.07) is 15.1. The number of carbonyl (C=O) groups excluding carboxylic acids is 1. The molecule has 0 bridgehead atoms. The molecule has 4 rings (SSSR count). The number of halogens is 3. The monoisotopic (exact) mass is 555 g/mol. The van der Waals surface area contributed by atoms with E-state index < -0.39 is 17.7 Å². The molecule has 9 heteroatoms. The van der Waals surface area contributed by atoms with Crippen molar-refractivity contribution in [3.05, 3.63) is 77.3 Å². The van der Waals surface area contributed by atoms with Gasteiger partial charge in [-0.1, -0.05) is 30.3 Å². The van der Waals surface area contributed by atoms with Gasteiger partial charge in [0, 0.05) is 78.6 Å². The minimum Gasteiger partial charge on any atom is -0.506 e. The van der Waals surface area contributed by atoms with Crippen molar-refractivity contribution >= 4 is 44.7 Å². The maximum Gasteiger partial charge on any atom is 0.454 e. The molecule has 0 saturated heterocycles. The molecule has 4 aromatic rings. The summed E-state index contributed by atoms with van der Waals surface area (Å²) in [4.78, 5) is 19.3. The number of ketones is 1. The number of thiophene rings is 1. The Morgan fingerprint density at radius 3 is 1.93 bits per heavy atom. The van der Waals surface area contributed by atoms with E-state index in [-0.39, 0.29) is 60.3 Å². The molecule has 0 aliphatic rings. The van der Waals surface area contributed by atoms with E-state index in [4.69, 9.17) is 5.11 Å². The Morgan fingerprint density at radius 1 is 0.931 bits per heavy atom. The molecule has 0 fully saturated rings. The molecule has 4 nitrogen and oxygen atoms in total. The molecule has 0 aliphatic heterocycles.